The van der Waals surface area contributed by atoms with E-state index in [1.807, 2.05) is 12.1 Å². The maximum atomic E-state index is 5.95. The fraction of sp³-hybridized carbons (Fsp3) is 0.294. The molecule has 0 heterocycles. The van der Waals surface area contributed by atoms with Gasteiger partial charge in [-0.25, -0.2) is 0 Å². The molecule has 0 unspecified atom stereocenters. The lowest BCUT2D eigenvalue weighted by Crippen LogP contribution is -1.92. The Bertz CT molecular complexity index is 524. The van der Waals surface area contributed by atoms with Crippen LogP contribution in [0.5, 0.6) is 11.5 Å². The van der Waals surface area contributed by atoms with E-state index in [1.54, 1.807) is 0 Å². The van der Waals surface area contributed by atoms with Crippen LogP contribution in [0.15, 0.2) is 42.5 Å². The molecule has 18 heavy (non-hydrogen) atoms. The lowest BCUT2D eigenvalue weighted by atomic mass is 10.0. The Morgan fingerprint density at radius 2 is 1.56 bits per heavy atom. The molecule has 1 nitrogen and oxygen atoms in total. The van der Waals surface area contributed by atoms with Crippen LogP contribution in [0.2, 0.25) is 0 Å². The van der Waals surface area contributed by atoms with Crippen molar-refractivity contribution in [3.05, 3.63) is 59.2 Å². The van der Waals surface area contributed by atoms with E-state index in [-0.39, 0.29) is 0 Å². The van der Waals surface area contributed by atoms with Gasteiger partial charge in [0.1, 0.15) is 11.5 Å². The van der Waals surface area contributed by atoms with Gasteiger partial charge in [-0.2, -0.15) is 0 Å². The minimum absolute atomic E-state index is 0.519. The first-order chi connectivity index (χ1) is 8.56. The molecule has 0 aliphatic carbocycles. The standard InChI is InChI=1S/C17H20O/c1-12(2)15-8-7-14(4)17(11-15)18-16-9-5-13(3)6-10-16/h5-12H,1-4H3. The van der Waals surface area contributed by atoms with E-state index in [4.69, 9.17) is 4.74 Å². The average molecular weight is 240 g/mol. The zero-order valence-electron chi connectivity index (χ0n) is 11.5. The zero-order valence-corrected chi connectivity index (χ0v) is 11.5. The average Bonchev–Trinajstić information content (AvgIpc) is 2.34. The van der Waals surface area contributed by atoms with E-state index in [9.17, 15) is 0 Å². The van der Waals surface area contributed by atoms with Crippen molar-refractivity contribution >= 4 is 0 Å². The van der Waals surface area contributed by atoms with E-state index in [2.05, 4.69) is 58.0 Å². The number of aryl methyl sites for hydroxylation is 2. The summed E-state index contributed by atoms with van der Waals surface area (Å²) in [6.07, 6.45) is 0. The summed E-state index contributed by atoms with van der Waals surface area (Å²) in [4.78, 5) is 0. The molecule has 0 N–H and O–H groups in total. The van der Waals surface area contributed by atoms with Gasteiger partial charge < -0.3 is 4.74 Å². The summed E-state index contributed by atoms with van der Waals surface area (Å²) in [6, 6.07) is 14.6. The molecule has 0 saturated carbocycles. The van der Waals surface area contributed by atoms with Crippen molar-refractivity contribution in [1.82, 2.24) is 0 Å². The molecule has 0 radical (unpaired) electrons. The van der Waals surface area contributed by atoms with Gasteiger partial charge in [-0.05, 0) is 49.1 Å². The molecular weight excluding hydrogens is 220 g/mol. The first-order valence-electron chi connectivity index (χ1n) is 6.41. The van der Waals surface area contributed by atoms with E-state index in [0.29, 0.717) is 5.92 Å². The zero-order chi connectivity index (χ0) is 13.1. The monoisotopic (exact) mass is 240 g/mol. The van der Waals surface area contributed by atoms with Gasteiger partial charge in [-0.1, -0.05) is 43.7 Å². The summed E-state index contributed by atoms with van der Waals surface area (Å²) >= 11 is 0. The van der Waals surface area contributed by atoms with Gasteiger partial charge in [0, 0.05) is 0 Å². The van der Waals surface area contributed by atoms with Gasteiger partial charge in [0.15, 0.2) is 0 Å². The first kappa shape index (κ1) is 12.7. The van der Waals surface area contributed by atoms with Gasteiger partial charge in [-0.3, -0.25) is 0 Å². The number of hydrogen-bond donors (Lipinski definition) is 0. The minimum Gasteiger partial charge on any atom is -0.457 e. The molecule has 0 spiro atoms. The Hall–Kier alpha value is -1.76. The Morgan fingerprint density at radius 3 is 2.17 bits per heavy atom. The summed E-state index contributed by atoms with van der Waals surface area (Å²) in [7, 11) is 0. The van der Waals surface area contributed by atoms with Crippen molar-refractivity contribution in [2.24, 2.45) is 0 Å². The normalized spacial score (nSPS) is 10.7. The Labute approximate surface area is 109 Å². The van der Waals surface area contributed by atoms with Gasteiger partial charge in [0.2, 0.25) is 0 Å². The first-order valence-corrected chi connectivity index (χ1v) is 6.41. The second kappa shape index (κ2) is 5.26. The van der Waals surface area contributed by atoms with E-state index < -0.39 is 0 Å². The highest BCUT2D eigenvalue weighted by molar-refractivity contribution is 5.41. The molecular formula is C17H20O. The summed E-state index contributed by atoms with van der Waals surface area (Å²) < 4.78 is 5.95. The molecule has 0 saturated heterocycles. The van der Waals surface area contributed by atoms with Gasteiger partial charge >= 0.3 is 0 Å². The molecule has 0 atom stereocenters. The molecule has 0 fully saturated rings. The largest absolute Gasteiger partial charge is 0.457 e. The topological polar surface area (TPSA) is 9.23 Å². The molecule has 2 aromatic carbocycles. The van der Waals surface area contributed by atoms with Crippen LogP contribution in [-0.4, -0.2) is 0 Å². The SMILES string of the molecule is Cc1ccc(Oc2cc(C(C)C)ccc2C)cc1. The van der Waals surface area contributed by atoms with Crippen LogP contribution >= 0.6 is 0 Å². The van der Waals surface area contributed by atoms with E-state index in [1.165, 1.54) is 16.7 Å². The summed E-state index contributed by atoms with van der Waals surface area (Å²) in [5.74, 6) is 2.36. The van der Waals surface area contributed by atoms with Crippen LogP contribution in [0.25, 0.3) is 0 Å². The highest BCUT2D eigenvalue weighted by atomic mass is 16.5. The highest BCUT2D eigenvalue weighted by Gasteiger charge is 2.05. The van der Waals surface area contributed by atoms with Crippen LogP contribution < -0.4 is 4.74 Å². The minimum atomic E-state index is 0.519. The second-order valence-electron chi connectivity index (χ2n) is 5.09. The number of benzene rings is 2. The molecule has 1 heteroatoms. The highest BCUT2D eigenvalue weighted by Crippen LogP contribution is 2.28. The quantitative estimate of drug-likeness (QED) is 0.714. The maximum Gasteiger partial charge on any atom is 0.130 e. The lowest BCUT2D eigenvalue weighted by molar-refractivity contribution is 0.477. The third kappa shape index (κ3) is 2.92. The Balaban J connectivity index is 2.27. The van der Waals surface area contributed by atoms with Crippen LogP contribution in [0, 0.1) is 13.8 Å². The molecule has 94 valence electrons. The van der Waals surface area contributed by atoms with Crippen molar-refractivity contribution < 1.29 is 4.74 Å². The Morgan fingerprint density at radius 1 is 0.889 bits per heavy atom. The molecule has 2 rings (SSSR count). The third-order valence-electron chi connectivity index (χ3n) is 3.13. The molecule has 0 aromatic heterocycles. The van der Waals surface area contributed by atoms with Gasteiger partial charge in [0.05, 0.1) is 0 Å². The maximum absolute atomic E-state index is 5.95. The summed E-state index contributed by atoms with van der Waals surface area (Å²) in [5.41, 5.74) is 3.72. The predicted octanol–water partition coefficient (Wildman–Crippen LogP) is 5.22. The van der Waals surface area contributed by atoms with E-state index in [0.717, 1.165) is 11.5 Å². The summed E-state index contributed by atoms with van der Waals surface area (Å²) in [6.45, 7) is 8.54. The van der Waals surface area contributed by atoms with Crippen molar-refractivity contribution in [3.8, 4) is 11.5 Å². The molecule has 0 aliphatic rings. The Kier molecular flexibility index (Phi) is 3.71. The van der Waals surface area contributed by atoms with Crippen LogP contribution in [0.4, 0.5) is 0 Å². The van der Waals surface area contributed by atoms with Crippen LogP contribution in [0.3, 0.4) is 0 Å². The summed E-state index contributed by atoms with van der Waals surface area (Å²) in [5, 5.41) is 0. The van der Waals surface area contributed by atoms with E-state index >= 15 is 0 Å². The van der Waals surface area contributed by atoms with Crippen LogP contribution in [-0.2, 0) is 0 Å². The lowest BCUT2D eigenvalue weighted by Gasteiger charge is -2.12. The van der Waals surface area contributed by atoms with Crippen molar-refractivity contribution in [2.75, 3.05) is 0 Å². The van der Waals surface area contributed by atoms with Crippen molar-refractivity contribution in [2.45, 2.75) is 33.6 Å². The predicted molar refractivity (Wildman–Crippen MR) is 76.5 cm³/mol. The number of rotatable bonds is 3. The smallest absolute Gasteiger partial charge is 0.130 e. The number of ether oxygens (including phenoxy) is 1. The van der Waals surface area contributed by atoms with Crippen molar-refractivity contribution in [1.29, 1.82) is 0 Å². The second-order valence-corrected chi connectivity index (χ2v) is 5.09. The fourth-order valence-corrected chi connectivity index (χ4v) is 1.82. The van der Waals surface area contributed by atoms with Gasteiger partial charge in [0.25, 0.3) is 0 Å². The fourth-order valence-electron chi connectivity index (χ4n) is 1.82. The molecule has 2 aromatic rings. The van der Waals surface area contributed by atoms with Gasteiger partial charge in [-0.15, -0.1) is 0 Å². The van der Waals surface area contributed by atoms with Crippen LogP contribution in [0.1, 0.15) is 36.5 Å². The number of hydrogen-bond acceptors (Lipinski definition) is 1. The molecule has 0 amide bonds. The molecule has 0 bridgehead atoms. The molecule has 0 aliphatic heterocycles. The third-order valence-corrected chi connectivity index (χ3v) is 3.13. The van der Waals surface area contributed by atoms with Crippen molar-refractivity contribution in [3.63, 3.8) is 0 Å².